The zero-order valence-corrected chi connectivity index (χ0v) is 20.0. The van der Waals surface area contributed by atoms with E-state index in [1.807, 2.05) is 6.92 Å². The van der Waals surface area contributed by atoms with Gasteiger partial charge >= 0.3 is 5.97 Å². The number of aliphatic hydroxyl groups is 1. The number of rotatable bonds is 3. The molecule has 3 fully saturated rings. The zero-order valence-electron chi connectivity index (χ0n) is 19.2. The van der Waals surface area contributed by atoms with Crippen LogP contribution in [-0.4, -0.2) is 33.8 Å². The van der Waals surface area contributed by atoms with Crippen molar-refractivity contribution in [2.24, 2.45) is 34.5 Å². The molecule has 0 radical (unpaired) electrons. The Bertz CT molecular complexity index is 890. The average molecular weight is 447 g/mol. The van der Waals surface area contributed by atoms with Crippen molar-refractivity contribution in [1.29, 1.82) is 0 Å². The summed E-state index contributed by atoms with van der Waals surface area (Å²) in [5, 5.41) is 9.95. The van der Waals surface area contributed by atoms with Crippen molar-refractivity contribution in [1.82, 2.24) is 0 Å². The highest BCUT2D eigenvalue weighted by atomic mass is 32.2. The van der Waals surface area contributed by atoms with Crippen molar-refractivity contribution < 1.29 is 24.2 Å². The van der Waals surface area contributed by atoms with E-state index in [1.54, 1.807) is 19.3 Å². The number of esters is 1. The molecule has 4 aliphatic rings. The third-order valence-corrected chi connectivity index (χ3v) is 9.97. The maximum Gasteiger partial charge on any atom is 0.306 e. The number of ketones is 1. The normalized spacial score (nSPS) is 43.8. The summed E-state index contributed by atoms with van der Waals surface area (Å²) in [6.45, 7) is 8.01. The van der Waals surface area contributed by atoms with E-state index < -0.39 is 16.4 Å². The molecule has 4 aliphatic carbocycles. The number of carbonyl (C=O) groups excluding carboxylic acids is 3. The van der Waals surface area contributed by atoms with Crippen LogP contribution in [0.15, 0.2) is 23.5 Å². The summed E-state index contributed by atoms with van der Waals surface area (Å²) >= 11 is 1.16. The molecule has 4 rings (SSSR count). The minimum Gasteiger partial charge on any atom is -0.508 e. The fourth-order valence-corrected chi connectivity index (χ4v) is 8.50. The standard InChI is InChI=1S/C25H34O5S/c1-6-21(28)30-25(22(29)31-5)14(2)11-19-17-8-7-15-12-16(26)13-20(27)24(15,4)18(17)9-10-23(19,25)3/h12-14,17-19,26H,6-11H2,1-5H3/t14?,17-,18+,19+,23+,24+,25?/m1/s1. The first kappa shape index (κ1) is 22.6. The summed E-state index contributed by atoms with van der Waals surface area (Å²) in [4.78, 5) is 39.0. The molecule has 0 spiro atoms. The number of thioether (sulfide) groups is 1. The minimum absolute atomic E-state index is 0.00397. The molecule has 0 aromatic carbocycles. The van der Waals surface area contributed by atoms with Crippen molar-refractivity contribution >= 4 is 28.6 Å². The molecule has 0 bridgehead atoms. The summed E-state index contributed by atoms with van der Waals surface area (Å²) < 4.78 is 6.10. The fourth-order valence-electron chi connectivity index (χ4n) is 7.72. The van der Waals surface area contributed by atoms with Crippen LogP contribution in [0, 0.1) is 34.5 Å². The second-order valence-corrected chi connectivity index (χ2v) is 11.1. The summed E-state index contributed by atoms with van der Waals surface area (Å²) in [5.74, 6) is 0.356. The van der Waals surface area contributed by atoms with Gasteiger partial charge in [0.2, 0.25) is 5.12 Å². The largest absolute Gasteiger partial charge is 0.508 e. The molecule has 0 heterocycles. The topological polar surface area (TPSA) is 80.7 Å². The maximum atomic E-state index is 13.4. The highest BCUT2D eigenvalue weighted by molar-refractivity contribution is 8.13. The van der Waals surface area contributed by atoms with Gasteiger partial charge in [-0.3, -0.25) is 14.4 Å². The van der Waals surface area contributed by atoms with Gasteiger partial charge in [-0.2, -0.15) is 0 Å². The molecule has 1 N–H and O–H groups in total. The van der Waals surface area contributed by atoms with E-state index in [2.05, 4.69) is 13.8 Å². The monoisotopic (exact) mass is 446 g/mol. The van der Waals surface area contributed by atoms with Gasteiger partial charge in [-0.15, -0.1) is 0 Å². The lowest BCUT2D eigenvalue weighted by Gasteiger charge is -2.58. The van der Waals surface area contributed by atoms with Gasteiger partial charge in [-0.05, 0) is 69.1 Å². The Morgan fingerprint density at radius 2 is 1.94 bits per heavy atom. The van der Waals surface area contributed by atoms with Gasteiger partial charge in [0.05, 0.1) is 5.41 Å². The second kappa shape index (κ2) is 7.50. The van der Waals surface area contributed by atoms with Gasteiger partial charge < -0.3 is 9.84 Å². The molecule has 0 aliphatic heterocycles. The Labute approximate surface area is 189 Å². The molecule has 7 atom stereocenters. The van der Waals surface area contributed by atoms with Crippen LogP contribution < -0.4 is 0 Å². The Hall–Kier alpha value is -1.56. The highest BCUT2D eigenvalue weighted by Crippen LogP contribution is 2.69. The van der Waals surface area contributed by atoms with Crippen LogP contribution in [0.2, 0.25) is 0 Å². The van der Waals surface area contributed by atoms with Gasteiger partial charge in [0, 0.05) is 23.8 Å². The predicted octanol–water partition coefficient (Wildman–Crippen LogP) is 5.01. The fraction of sp³-hybridized carbons (Fsp3) is 0.720. The Kier molecular flexibility index (Phi) is 5.47. The first-order chi connectivity index (χ1) is 14.6. The Morgan fingerprint density at radius 3 is 2.58 bits per heavy atom. The van der Waals surface area contributed by atoms with E-state index in [-0.39, 0.29) is 52.7 Å². The van der Waals surface area contributed by atoms with Crippen LogP contribution in [0.25, 0.3) is 0 Å². The summed E-state index contributed by atoms with van der Waals surface area (Å²) in [6.07, 6.45) is 9.28. The Balaban J connectivity index is 1.76. The minimum atomic E-state index is -1.11. The number of allylic oxidation sites excluding steroid dienone is 3. The number of hydrogen-bond acceptors (Lipinski definition) is 6. The number of aliphatic hydroxyl groups excluding tert-OH is 1. The van der Waals surface area contributed by atoms with E-state index >= 15 is 0 Å². The van der Waals surface area contributed by atoms with Gasteiger partial charge in [0.1, 0.15) is 5.76 Å². The lowest BCUT2D eigenvalue weighted by molar-refractivity contribution is -0.190. The maximum absolute atomic E-state index is 13.4. The van der Waals surface area contributed by atoms with E-state index in [0.29, 0.717) is 0 Å². The van der Waals surface area contributed by atoms with Gasteiger partial charge in [-0.25, -0.2) is 0 Å². The lowest BCUT2D eigenvalue weighted by Crippen LogP contribution is -2.60. The van der Waals surface area contributed by atoms with Crippen LogP contribution in [0.3, 0.4) is 0 Å². The quantitative estimate of drug-likeness (QED) is 0.614. The van der Waals surface area contributed by atoms with Gasteiger partial charge in [-0.1, -0.05) is 38.1 Å². The SMILES string of the molecule is CCC(=O)OC1(C(=O)SC)C(C)C[C@H]2[C@@H]3CCC4=CC(O)=CC(=O)[C@]4(C)[C@H]3CC[C@@]21C. The van der Waals surface area contributed by atoms with Crippen molar-refractivity contribution in [3.63, 3.8) is 0 Å². The number of carbonyl (C=O) groups is 3. The second-order valence-electron chi connectivity index (χ2n) is 10.4. The van der Waals surface area contributed by atoms with Crippen molar-refractivity contribution in [3.05, 3.63) is 23.5 Å². The van der Waals surface area contributed by atoms with Crippen molar-refractivity contribution in [3.8, 4) is 0 Å². The van der Waals surface area contributed by atoms with Crippen LogP contribution in [0.1, 0.15) is 66.2 Å². The average Bonchev–Trinajstić information content (AvgIpc) is 2.96. The van der Waals surface area contributed by atoms with Gasteiger partial charge in [0.15, 0.2) is 11.4 Å². The van der Waals surface area contributed by atoms with Crippen LogP contribution in [-0.2, 0) is 19.1 Å². The van der Waals surface area contributed by atoms with E-state index in [1.165, 1.54) is 6.08 Å². The predicted molar refractivity (Wildman–Crippen MR) is 120 cm³/mol. The van der Waals surface area contributed by atoms with E-state index in [4.69, 9.17) is 4.74 Å². The lowest BCUT2D eigenvalue weighted by atomic mass is 9.46. The number of ether oxygens (including phenoxy) is 1. The van der Waals surface area contributed by atoms with Crippen molar-refractivity contribution in [2.45, 2.75) is 71.8 Å². The first-order valence-electron chi connectivity index (χ1n) is 11.5. The molecular formula is C25H34O5S. The van der Waals surface area contributed by atoms with E-state index in [9.17, 15) is 19.5 Å². The van der Waals surface area contributed by atoms with Crippen LogP contribution >= 0.6 is 11.8 Å². The summed E-state index contributed by atoms with van der Waals surface area (Å²) in [5.41, 5.74) is -1.10. The highest BCUT2D eigenvalue weighted by Gasteiger charge is 2.71. The molecule has 31 heavy (non-hydrogen) atoms. The van der Waals surface area contributed by atoms with Crippen LogP contribution in [0.4, 0.5) is 0 Å². The molecule has 0 aromatic rings. The molecule has 0 aromatic heterocycles. The summed E-state index contributed by atoms with van der Waals surface area (Å²) in [7, 11) is 0. The molecule has 0 saturated heterocycles. The third-order valence-electron chi connectivity index (χ3n) is 9.30. The molecular weight excluding hydrogens is 412 g/mol. The molecule has 3 saturated carbocycles. The third kappa shape index (κ3) is 2.86. The Morgan fingerprint density at radius 1 is 1.23 bits per heavy atom. The zero-order chi connectivity index (χ0) is 22.8. The number of fused-ring (bicyclic) bond motifs is 5. The van der Waals surface area contributed by atoms with Crippen LogP contribution in [0.5, 0.6) is 0 Å². The molecule has 0 amide bonds. The first-order valence-corrected chi connectivity index (χ1v) is 12.7. The molecule has 2 unspecified atom stereocenters. The molecule has 6 heteroatoms. The molecule has 5 nitrogen and oxygen atoms in total. The number of hydrogen-bond donors (Lipinski definition) is 1. The smallest absolute Gasteiger partial charge is 0.306 e. The van der Waals surface area contributed by atoms with E-state index in [0.717, 1.165) is 49.4 Å². The molecule has 170 valence electrons. The van der Waals surface area contributed by atoms with Crippen molar-refractivity contribution in [2.75, 3.05) is 6.26 Å². The van der Waals surface area contributed by atoms with Gasteiger partial charge in [0.25, 0.3) is 0 Å². The summed E-state index contributed by atoms with van der Waals surface area (Å²) in [6, 6.07) is 0.